The van der Waals surface area contributed by atoms with Crippen molar-refractivity contribution in [2.75, 3.05) is 16.8 Å². The zero-order valence-electron chi connectivity index (χ0n) is 12.9. The molecule has 2 aromatic carbocycles. The first-order valence-corrected chi connectivity index (χ1v) is 7.16. The number of benzene rings is 2. The molecule has 0 saturated carbocycles. The van der Waals surface area contributed by atoms with Gasteiger partial charge in [-0.15, -0.1) is 0 Å². The number of hydrogen-bond acceptors (Lipinski definition) is 2. The van der Waals surface area contributed by atoms with Gasteiger partial charge in [0, 0.05) is 26.0 Å². The Bertz CT molecular complexity index is 765. The van der Waals surface area contributed by atoms with E-state index in [4.69, 9.17) is 0 Å². The lowest BCUT2D eigenvalue weighted by molar-refractivity contribution is -0.117. The van der Waals surface area contributed by atoms with Crippen LogP contribution in [0.1, 0.15) is 13.3 Å². The predicted octanol–water partition coefficient (Wildman–Crippen LogP) is 3.49. The van der Waals surface area contributed by atoms with Crippen LogP contribution in [0.2, 0.25) is 0 Å². The number of hydrogen-bond donors (Lipinski definition) is 1. The van der Waals surface area contributed by atoms with Gasteiger partial charge in [-0.25, -0.2) is 13.2 Å². The molecule has 2 amide bonds. The van der Waals surface area contributed by atoms with Crippen molar-refractivity contribution in [3.63, 3.8) is 0 Å². The van der Waals surface area contributed by atoms with Gasteiger partial charge in [-0.3, -0.25) is 9.59 Å². The highest BCUT2D eigenvalue weighted by Crippen LogP contribution is 2.21. The molecule has 24 heavy (non-hydrogen) atoms. The molecule has 0 aliphatic rings. The Hall–Kier alpha value is -2.83. The first kappa shape index (κ1) is 17.5. The summed E-state index contributed by atoms with van der Waals surface area (Å²) in [5.74, 6) is -3.29. The molecule has 0 unspecified atom stereocenters. The predicted molar refractivity (Wildman–Crippen MR) is 84.0 cm³/mol. The van der Waals surface area contributed by atoms with Crippen molar-refractivity contribution in [2.45, 2.75) is 13.3 Å². The molecule has 0 saturated heterocycles. The third-order valence-corrected chi connectivity index (χ3v) is 3.29. The van der Waals surface area contributed by atoms with Crippen molar-refractivity contribution in [3.05, 3.63) is 59.9 Å². The quantitative estimate of drug-likeness (QED) is 0.909. The molecule has 0 bridgehead atoms. The SMILES string of the molecule is CC(=O)N(CCC(=O)Nc1ccccc1F)c1ccc(F)cc1F. The monoisotopic (exact) mass is 336 g/mol. The van der Waals surface area contributed by atoms with Crippen LogP contribution in [-0.2, 0) is 9.59 Å². The second kappa shape index (κ2) is 7.63. The van der Waals surface area contributed by atoms with Gasteiger partial charge < -0.3 is 10.2 Å². The largest absolute Gasteiger partial charge is 0.324 e. The fourth-order valence-corrected chi connectivity index (χ4v) is 2.14. The molecule has 0 fully saturated rings. The van der Waals surface area contributed by atoms with Crippen LogP contribution in [-0.4, -0.2) is 18.4 Å². The molecular formula is C17H15F3N2O2. The molecule has 0 spiro atoms. The molecule has 0 aliphatic heterocycles. The van der Waals surface area contributed by atoms with Crippen molar-refractivity contribution in [2.24, 2.45) is 0 Å². The third kappa shape index (κ3) is 4.34. The number of para-hydroxylation sites is 1. The molecule has 0 radical (unpaired) electrons. The van der Waals surface area contributed by atoms with Crippen molar-refractivity contribution in [1.29, 1.82) is 0 Å². The van der Waals surface area contributed by atoms with E-state index in [-0.39, 0.29) is 24.3 Å². The number of anilines is 2. The van der Waals surface area contributed by atoms with Crippen LogP contribution in [0.15, 0.2) is 42.5 Å². The lowest BCUT2D eigenvalue weighted by Crippen LogP contribution is -2.32. The molecule has 126 valence electrons. The van der Waals surface area contributed by atoms with Gasteiger partial charge in [0.15, 0.2) is 0 Å². The van der Waals surface area contributed by atoms with Crippen molar-refractivity contribution in [1.82, 2.24) is 0 Å². The summed E-state index contributed by atoms with van der Waals surface area (Å²) in [6, 6.07) is 8.45. The number of carbonyl (C=O) groups is 2. The maximum atomic E-state index is 13.8. The van der Waals surface area contributed by atoms with Crippen LogP contribution in [0, 0.1) is 17.5 Å². The van der Waals surface area contributed by atoms with E-state index in [1.165, 1.54) is 25.1 Å². The van der Waals surface area contributed by atoms with Crippen LogP contribution < -0.4 is 10.2 Å². The molecule has 2 rings (SSSR count). The second-order valence-electron chi connectivity index (χ2n) is 5.04. The van der Waals surface area contributed by atoms with E-state index in [2.05, 4.69) is 5.32 Å². The van der Waals surface area contributed by atoms with Crippen LogP contribution >= 0.6 is 0 Å². The van der Waals surface area contributed by atoms with Gasteiger partial charge in [0.25, 0.3) is 0 Å². The van der Waals surface area contributed by atoms with E-state index in [1.54, 1.807) is 6.07 Å². The average molecular weight is 336 g/mol. The summed E-state index contributed by atoms with van der Waals surface area (Å²) in [5.41, 5.74) is -0.104. The molecule has 1 N–H and O–H groups in total. The highest BCUT2D eigenvalue weighted by atomic mass is 19.1. The summed E-state index contributed by atoms with van der Waals surface area (Å²) < 4.78 is 40.2. The van der Waals surface area contributed by atoms with E-state index < -0.39 is 29.3 Å². The minimum absolute atomic E-state index is 0.0184. The Labute approximate surface area is 136 Å². The lowest BCUT2D eigenvalue weighted by atomic mass is 10.2. The summed E-state index contributed by atoms with van der Waals surface area (Å²) in [5, 5.41) is 2.37. The molecule has 0 aromatic heterocycles. The summed E-state index contributed by atoms with van der Waals surface area (Å²) in [6.45, 7) is 1.08. The van der Waals surface area contributed by atoms with E-state index >= 15 is 0 Å². The van der Waals surface area contributed by atoms with E-state index in [0.29, 0.717) is 6.07 Å². The van der Waals surface area contributed by atoms with Gasteiger partial charge in [0.2, 0.25) is 11.8 Å². The number of halogens is 3. The van der Waals surface area contributed by atoms with Crippen molar-refractivity contribution >= 4 is 23.2 Å². The first-order chi connectivity index (χ1) is 11.4. The number of amides is 2. The number of nitrogens with one attached hydrogen (secondary N) is 1. The van der Waals surface area contributed by atoms with Crippen molar-refractivity contribution < 1.29 is 22.8 Å². The fourth-order valence-electron chi connectivity index (χ4n) is 2.14. The molecular weight excluding hydrogens is 321 g/mol. The Kier molecular flexibility index (Phi) is 5.57. The number of rotatable bonds is 5. The summed E-state index contributed by atoms with van der Waals surface area (Å²) in [4.78, 5) is 24.6. The van der Waals surface area contributed by atoms with Crippen LogP contribution in [0.25, 0.3) is 0 Å². The highest BCUT2D eigenvalue weighted by Gasteiger charge is 2.18. The van der Waals surface area contributed by atoms with Gasteiger partial charge in [-0.05, 0) is 24.3 Å². The Balaban J connectivity index is 2.05. The highest BCUT2D eigenvalue weighted by molar-refractivity contribution is 5.94. The average Bonchev–Trinajstić information content (AvgIpc) is 2.51. The number of nitrogens with zero attached hydrogens (tertiary/aromatic N) is 1. The van der Waals surface area contributed by atoms with Crippen LogP contribution in [0.4, 0.5) is 24.5 Å². The minimum atomic E-state index is -0.903. The van der Waals surface area contributed by atoms with Crippen molar-refractivity contribution in [3.8, 4) is 0 Å². The summed E-state index contributed by atoms with van der Waals surface area (Å²) >= 11 is 0. The minimum Gasteiger partial charge on any atom is -0.324 e. The standard InChI is InChI=1S/C17H15F3N2O2/c1-11(23)22(16-7-6-12(18)10-14(16)20)9-8-17(24)21-15-5-3-2-4-13(15)19/h2-7,10H,8-9H2,1H3,(H,21,24). The molecule has 0 atom stereocenters. The Morgan fingerprint density at radius 1 is 1.04 bits per heavy atom. The van der Waals surface area contributed by atoms with Gasteiger partial charge in [0.1, 0.15) is 17.5 Å². The Morgan fingerprint density at radius 3 is 2.38 bits per heavy atom. The summed E-state index contributed by atoms with van der Waals surface area (Å²) in [7, 11) is 0. The molecule has 4 nitrogen and oxygen atoms in total. The van der Waals surface area contributed by atoms with Gasteiger partial charge in [-0.2, -0.15) is 0 Å². The third-order valence-electron chi connectivity index (χ3n) is 3.29. The van der Waals surface area contributed by atoms with Gasteiger partial charge in [0.05, 0.1) is 11.4 Å². The van der Waals surface area contributed by atoms with Gasteiger partial charge >= 0.3 is 0 Å². The van der Waals surface area contributed by atoms with E-state index in [1.807, 2.05) is 0 Å². The maximum Gasteiger partial charge on any atom is 0.226 e. The number of carbonyl (C=O) groups excluding carboxylic acids is 2. The molecule has 0 heterocycles. The Morgan fingerprint density at radius 2 is 1.75 bits per heavy atom. The maximum absolute atomic E-state index is 13.8. The van der Waals surface area contributed by atoms with Gasteiger partial charge in [-0.1, -0.05) is 12.1 Å². The van der Waals surface area contributed by atoms with E-state index in [0.717, 1.165) is 17.0 Å². The summed E-state index contributed by atoms with van der Waals surface area (Å²) in [6.07, 6.45) is -0.176. The zero-order chi connectivity index (χ0) is 17.7. The van der Waals surface area contributed by atoms with Crippen LogP contribution in [0.3, 0.4) is 0 Å². The van der Waals surface area contributed by atoms with Crippen LogP contribution in [0.5, 0.6) is 0 Å². The molecule has 0 aliphatic carbocycles. The molecule has 7 heteroatoms. The molecule has 2 aromatic rings. The fraction of sp³-hybridized carbons (Fsp3) is 0.176. The normalized spacial score (nSPS) is 10.3. The second-order valence-corrected chi connectivity index (χ2v) is 5.04. The topological polar surface area (TPSA) is 49.4 Å². The van der Waals surface area contributed by atoms with E-state index in [9.17, 15) is 22.8 Å². The first-order valence-electron chi connectivity index (χ1n) is 7.16. The smallest absolute Gasteiger partial charge is 0.226 e. The zero-order valence-corrected chi connectivity index (χ0v) is 12.9. The lowest BCUT2D eigenvalue weighted by Gasteiger charge is -2.21.